The van der Waals surface area contributed by atoms with Crippen LogP contribution in [0.5, 0.6) is 0 Å². The third-order valence-corrected chi connectivity index (χ3v) is 6.55. The molecule has 0 bridgehead atoms. The van der Waals surface area contributed by atoms with Gasteiger partial charge in [0.05, 0.1) is 13.2 Å². The molecule has 3 amide bonds. The first kappa shape index (κ1) is 21.3. The molecule has 3 heterocycles. The number of ether oxygens (including phenoxy) is 1. The predicted molar refractivity (Wildman–Crippen MR) is 99.6 cm³/mol. The first-order chi connectivity index (χ1) is 13.8. The second-order valence-corrected chi connectivity index (χ2v) is 8.51. The average molecular weight is 428 g/mol. The molecule has 0 atom stereocenters. The first-order valence-corrected chi connectivity index (χ1v) is 10.8. The average Bonchev–Trinajstić information content (AvgIpc) is 3.32. The number of hydrogen-bond acceptors (Lipinski definition) is 8. The van der Waals surface area contributed by atoms with E-state index in [0.717, 1.165) is 0 Å². The molecule has 1 aromatic rings. The molecular weight excluding hydrogens is 404 g/mol. The van der Waals surface area contributed by atoms with Crippen molar-refractivity contribution >= 4 is 27.9 Å². The number of carbonyl (C=O) groups is 3. The molecule has 2 fully saturated rings. The fourth-order valence-electron chi connectivity index (χ4n) is 3.23. The summed E-state index contributed by atoms with van der Waals surface area (Å²) in [5.41, 5.74) is 0. The number of piperazine rings is 1. The van der Waals surface area contributed by atoms with Crippen molar-refractivity contribution in [3.05, 3.63) is 17.9 Å². The maximum absolute atomic E-state index is 12.7. The summed E-state index contributed by atoms with van der Waals surface area (Å²) in [6.45, 7) is 4.44. The SMILES string of the molecule is CCOC(=O)c1ccc(S(=O)(=O)N2CCN(CCCN3C(=O)CNC3=O)CC2)o1. The van der Waals surface area contributed by atoms with Crippen LogP contribution in [0.2, 0.25) is 0 Å². The summed E-state index contributed by atoms with van der Waals surface area (Å²) in [5, 5.41) is 2.19. The van der Waals surface area contributed by atoms with Crippen molar-refractivity contribution in [3.63, 3.8) is 0 Å². The van der Waals surface area contributed by atoms with E-state index in [4.69, 9.17) is 9.15 Å². The number of esters is 1. The van der Waals surface area contributed by atoms with Crippen LogP contribution >= 0.6 is 0 Å². The standard InChI is InChI=1S/C17H24N4O7S/c1-2-27-16(23)13-4-5-15(28-13)29(25,26)20-10-8-19(9-11-20)6-3-7-21-14(22)12-18-17(21)24/h4-5H,2-3,6-12H2,1H3,(H,18,24). The van der Waals surface area contributed by atoms with Gasteiger partial charge in [-0.25, -0.2) is 18.0 Å². The molecule has 3 rings (SSSR count). The number of imide groups is 1. The summed E-state index contributed by atoms with van der Waals surface area (Å²) < 4.78 is 36.8. The van der Waals surface area contributed by atoms with Crippen molar-refractivity contribution in [2.24, 2.45) is 0 Å². The van der Waals surface area contributed by atoms with Crippen LogP contribution in [0.3, 0.4) is 0 Å². The van der Waals surface area contributed by atoms with Crippen LogP contribution in [-0.4, -0.2) is 92.9 Å². The van der Waals surface area contributed by atoms with E-state index in [2.05, 4.69) is 10.2 Å². The summed E-state index contributed by atoms with van der Waals surface area (Å²) in [7, 11) is -3.83. The predicted octanol–water partition coefficient (Wildman–Crippen LogP) is -0.295. The molecule has 2 saturated heterocycles. The Morgan fingerprint density at radius 3 is 2.52 bits per heavy atom. The van der Waals surface area contributed by atoms with Crippen molar-refractivity contribution in [1.82, 2.24) is 19.4 Å². The molecule has 0 aromatic carbocycles. The number of rotatable bonds is 8. The zero-order valence-electron chi connectivity index (χ0n) is 16.1. The van der Waals surface area contributed by atoms with Crippen LogP contribution in [0.25, 0.3) is 0 Å². The largest absolute Gasteiger partial charge is 0.460 e. The Kier molecular flexibility index (Phi) is 6.55. The zero-order chi connectivity index (χ0) is 21.0. The number of amides is 3. The Bertz CT molecular complexity index is 858. The minimum atomic E-state index is -3.83. The summed E-state index contributed by atoms with van der Waals surface area (Å²) in [4.78, 5) is 38.0. The second kappa shape index (κ2) is 8.93. The molecule has 29 heavy (non-hydrogen) atoms. The minimum Gasteiger partial charge on any atom is -0.460 e. The van der Waals surface area contributed by atoms with Crippen LogP contribution < -0.4 is 5.32 Å². The van der Waals surface area contributed by atoms with Gasteiger partial charge in [-0.15, -0.1) is 0 Å². The van der Waals surface area contributed by atoms with Crippen molar-refractivity contribution in [1.29, 1.82) is 0 Å². The minimum absolute atomic E-state index is 0.0417. The highest BCUT2D eigenvalue weighted by Gasteiger charge is 2.32. The summed E-state index contributed by atoms with van der Waals surface area (Å²) >= 11 is 0. The summed E-state index contributed by atoms with van der Waals surface area (Å²) in [6.07, 6.45) is 0.618. The molecule has 1 N–H and O–H groups in total. The van der Waals surface area contributed by atoms with Crippen LogP contribution in [-0.2, 0) is 19.6 Å². The van der Waals surface area contributed by atoms with E-state index in [1.807, 2.05) is 0 Å². The van der Waals surface area contributed by atoms with E-state index in [0.29, 0.717) is 32.6 Å². The molecule has 160 valence electrons. The van der Waals surface area contributed by atoms with Gasteiger partial charge in [0.15, 0.2) is 0 Å². The van der Waals surface area contributed by atoms with Crippen LogP contribution in [0, 0.1) is 0 Å². The molecule has 0 radical (unpaired) electrons. The molecule has 0 saturated carbocycles. The van der Waals surface area contributed by atoms with E-state index < -0.39 is 16.0 Å². The molecule has 0 spiro atoms. The van der Waals surface area contributed by atoms with E-state index >= 15 is 0 Å². The van der Waals surface area contributed by atoms with Gasteiger partial charge in [0.2, 0.25) is 16.8 Å². The lowest BCUT2D eigenvalue weighted by Crippen LogP contribution is -2.49. The Morgan fingerprint density at radius 2 is 1.90 bits per heavy atom. The number of nitrogens with zero attached hydrogens (tertiary/aromatic N) is 3. The van der Waals surface area contributed by atoms with Crippen molar-refractivity contribution < 1.29 is 32.0 Å². The monoisotopic (exact) mass is 428 g/mol. The Labute approximate surface area is 168 Å². The molecule has 12 heteroatoms. The molecule has 2 aliphatic heterocycles. The topological polar surface area (TPSA) is 129 Å². The first-order valence-electron chi connectivity index (χ1n) is 9.40. The zero-order valence-corrected chi connectivity index (χ0v) is 16.9. The molecule has 2 aliphatic rings. The van der Waals surface area contributed by atoms with Crippen molar-refractivity contribution in [2.75, 3.05) is 52.4 Å². The van der Waals surface area contributed by atoms with Gasteiger partial charge in [0.1, 0.15) is 0 Å². The summed E-state index contributed by atoms with van der Waals surface area (Å²) in [5.74, 6) is -1.08. The number of furan rings is 1. The fraction of sp³-hybridized carbons (Fsp3) is 0.588. The van der Waals surface area contributed by atoms with Gasteiger partial charge in [-0.3, -0.25) is 9.69 Å². The van der Waals surface area contributed by atoms with E-state index in [9.17, 15) is 22.8 Å². The third kappa shape index (κ3) is 4.77. The second-order valence-electron chi connectivity index (χ2n) is 6.64. The maximum Gasteiger partial charge on any atom is 0.374 e. The highest BCUT2D eigenvalue weighted by Crippen LogP contribution is 2.21. The molecule has 0 unspecified atom stereocenters. The maximum atomic E-state index is 12.7. The third-order valence-electron chi connectivity index (χ3n) is 4.78. The van der Waals surface area contributed by atoms with Gasteiger partial charge in [0, 0.05) is 32.7 Å². The molecule has 1 aromatic heterocycles. The number of carbonyl (C=O) groups excluding carboxylic acids is 3. The normalized spacial score (nSPS) is 18.9. The Morgan fingerprint density at radius 1 is 1.17 bits per heavy atom. The van der Waals surface area contributed by atoms with E-state index in [1.54, 1.807) is 6.92 Å². The Balaban J connectivity index is 1.49. The van der Waals surface area contributed by atoms with Gasteiger partial charge in [0.25, 0.3) is 10.0 Å². The number of sulfonamides is 1. The molecule has 0 aliphatic carbocycles. The van der Waals surface area contributed by atoms with Gasteiger partial charge < -0.3 is 19.4 Å². The highest BCUT2D eigenvalue weighted by molar-refractivity contribution is 7.89. The molecular formula is C17H24N4O7S. The number of nitrogens with one attached hydrogen (secondary N) is 1. The lowest BCUT2D eigenvalue weighted by molar-refractivity contribution is -0.125. The van der Waals surface area contributed by atoms with E-state index in [1.165, 1.54) is 21.3 Å². The van der Waals surface area contributed by atoms with E-state index in [-0.39, 0.29) is 49.0 Å². The van der Waals surface area contributed by atoms with Crippen molar-refractivity contribution in [3.8, 4) is 0 Å². The molecule has 11 nitrogen and oxygen atoms in total. The number of urea groups is 1. The van der Waals surface area contributed by atoms with Crippen LogP contribution in [0.4, 0.5) is 4.79 Å². The van der Waals surface area contributed by atoms with Crippen molar-refractivity contribution in [2.45, 2.75) is 18.4 Å². The fourth-order valence-corrected chi connectivity index (χ4v) is 4.56. The lowest BCUT2D eigenvalue weighted by Gasteiger charge is -2.33. The van der Waals surface area contributed by atoms with Crippen LogP contribution in [0.1, 0.15) is 23.9 Å². The summed E-state index contributed by atoms with van der Waals surface area (Å²) in [6, 6.07) is 2.18. The van der Waals surface area contributed by atoms with Gasteiger partial charge in [-0.05, 0) is 32.0 Å². The quantitative estimate of drug-likeness (QED) is 0.441. The van der Waals surface area contributed by atoms with Gasteiger partial charge in [-0.1, -0.05) is 0 Å². The lowest BCUT2D eigenvalue weighted by atomic mass is 10.3. The van der Waals surface area contributed by atoms with Gasteiger partial charge >= 0.3 is 12.0 Å². The highest BCUT2D eigenvalue weighted by atomic mass is 32.2. The number of hydrogen-bond donors (Lipinski definition) is 1. The smallest absolute Gasteiger partial charge is 0.374 e. The Hall–Kier alpha value is -2.44. The van der Waals surface area contributed by atoms with Gasteiger partial charge in [-0.2, -0.15) is 4.31 Å². The van der Waals surface area contributed by atoms with Crippen LogP contribution in [0.15, 0.2) is 21.6 Å².